The van der Waals surface area contributed by atoms with Crippen LogP contribution in [0.5, 0.6) is 0 Å². The molecule has 1 saturated heterocycles. The van der Waals surface area contributed by atoms with Crippen LogP contribution in [0.3, 0.4) is 0 Å². The zero-order valence-electron chi connectivity index (χ0n) is 12.2. The van der Waals surface area contributed by atoms with Crippen molar-refractivity contribution in [2.45, 2.75) is 12.8 Å². The van der Waals surface area contributed by atoms with E-state index in [4.69, 9.17) is 5.73 Å². The molecule has 1 amide bonds. The van der Waals surface area contributed by atoms with Gasteiger partial charge in [0.05, 0.1) is 11.9 Å². The normalized spacial score (nSPS) is 19.7. The van der Waals surface area contributed by atoms with Gasteiger partial charge in [0.1, 0.15) is 0 Å². The van der Waals surface area contributed by atoms with Crippen LogP contribution >= 0.6 is 0 Å². The maximum Gasteiger partial charge on any atom is 0.276 e. The van der Waals surface area contributed by atoms with Gasteiger partial charge >= 0.3 is 0 Å². The Labute approximate surface area is 124 Å². The number of rotatable bonds is 4. The number of nitrogens with one attached hydrogen (secondary N) is 1. The molecule has 1 aliphatic heterocycles. The smallest absolute Gasteiger partial charge is 0.276 e. The van der Waals surface area contributed by atoms with Crippen molar-refractivity contribution in [3.8, 4) is 0 Å². The number of sulfonamides is 1. The molecule has 0 bridgehead atoms. The summed E-state index contributed by atoms with van der Waals surface area (Å²) < 4.78 is 26.3. The molecule has 1 unspecified atom stereocenters. The molecular formula is C12H21N5O3S. The van der Waals surface area contributed by atoms with Crippen molar-refractivity contribution >= 4 is 21.6 Å². The summed E-state index contributed by atoms with van der Waals surface area (Å²) in [6.45, 7) is 1.50. The fourth-order valence-electron chi connectivity index (χ4n) is 2.51. The number of hydrogen-bond acceptors (Lipinski definition) is 5. The molecule has 118 valence electrons. The number of likely N-dealkylation sites (tertiary alicyclic amines) is 1. The predicted octanol–water partition coefficient (Wildman–Crippen LogP) is -0.596. The maximum absolute atomic E-state index is 12.4. The molecule has 0 radical (unpaired) electrons. The van der Waals surface area contributed by atoms with Crippen molar-refractivity contribution in [3.63, 3.8) is 0 Å². The highest BCUT2D eigenvalue weighted by molar-refractivity contribution is 7.88. The summed E-state index contributed by atoms with van der Waals surface area (Å²) in [6, 6.07) is 0. The van der Waals surface area contributed by atoms with Crippen LogP contribution in [0.1, 0.15) is 23.3 Å². The molecule has 1 aliphatic rings. The molecule has 0 aliphatic carbocycles. The summed E-state index contributed by atoms with van der Waals surface area (Å²) in [7, 11) is -1.50. The van der Waals surface area contributed by atoms with Gasteiger partial charge < -0.3 is 10.6 Å². The number of aryl methyl sites for hydroxylation is 1. The van der Waals surface area contributed by atoms with E-state index in [1.807, 2.05) is 0 Å². The van der Waals surface area contributed by atoms with Crippen LogP contribution in [0.15, 0.2) is 6.20 Å². The van der Waals surface area contributed by atoms with Crippen LogP contribution in [0, 0.1) is 5.92 Å². The lowest BCUT2D eigenvalue weighted by Gasteiger charge is -2.32. The lowest BCUT2D eigenvalue weighted by atomic mass is 9.98. The van der Waals surface area contributed by atoms with Crippen LogP contribution in [-0.2, 0) is 17.1 Å². The largest absolute Gasteiger partial charge is 0.396 e. The van der Waals surface area contributed by atoms with Crippen LogP contribution in [-0.4, -0.2) is 54.9 Å². The highest BCUT2D eigenvalue weighted by atomic mass is 32.2. The molecule has 2 rings (SSSR count). The van der Waals surface area contributed by atoms with Crippen molar-refractivity contribution in [1.29, 1.82) is 0 Å². The van der Waals surface area contributed by atoms with Crippen molar-refractivity contribution in [2.24, 2.45) is 13.0 Å². The van der Waals surface area contributed by atoms with Crippen LogP contribution in [0.4, 0.5) is 5.69 Å². The second-order valence-electron chi connectivity index (χ2n) is 5.49. The highest BCUT2D eigenvalue weighted by Gasteiger charge is 2.27. The van der Waals surface area contributed by atoms with E-state index < -0.39 is 10.0 Å². The number of nitrogens with two attached hydrogens (primary N) is 1. The fourth-order valence-corrected chi connectivity index (χ4v) is 3.05. The van der Waals surface area contributed by atoms with E-state index in [1.54, 1.807) is 18.1 Å². The van der Waals surface area contributed by atoms with E-state index in [1.165, 1.54) is 4.68 Å². The molecule has 2 heterocycles. The van der Waals surface area contributed by atoms with E-state index in [0.717, 1.165) is 19.1 Å². The molecule has 8 nitrogen and oxygen atoms in total. The van der Waals surface area contributed by atoms with Crippen molar-refractivity contribution < 1.29 is 13.2 Å². The molecule has 1 atom stereocenters. The van der Waals surface area contributed by atoms with E-state index >= 15 is 0 Å². The second kappa shape index (κ2) is 6.02. The van der Waals surface area contributed by atoms with E-state index in [2.05, 4.69) is 9.82 Å². The third kappa shape index (κ3) is 4.18. The number of nitrogens with zero attached hydrogens (tertiary/aromatic N) is 3. The van der Waals surface area contributed by atoms with Gasteiger partial charge in [0, 0.05) is 32.9 Å². The molecule has 0 spiro atoms. The van der Waals surface area contributed by atoms with Gasteiger partial charge in [-0.15, -0.1) is 0 Å². The van der Waals surface area contributed by atoms with E-state index in [-0.39, 0.29) is 17.5 Å². The van der Waals surface area contributed by atoms with Crippen LogP contribution in [0.2, 0.25) is 0 Å². The summed E-state index contributed by atoms with van der Waals surface area (Å²) in [6.07, 6.45) is 4.46. The number of aromatic nitrogens is 2. The average Bonchev–Trinajstić information content (AvgIpc) is 2.74. The summed E-state index contributed by atoms with van der Waals surface area (Å²) in [5, 5.41) is 4.08. The fraction of sp³-hybridized carbons (Fsp3) is 0.667. The number of carbonyl (C=O) groups excluding carboxylic acids is 1. The number of piperidine rings is 1. The van der Waals surface area contributed by atoms with E-state index in [0.29, 0.717) is 25.3 Å². The number of amides is 1. The Balaban J connectivity index is 2.00. The molecule has 0 aromatic carbocycles. The summed E-state index contributed by atoms with van der Waals surface area (Å²) in [5.74, 6) is -0.0838. The molecule has 1 aromatic rings. The van der Waals surface area contributed by atoms with E-state index in [9.17, 15) is 13.2 Å². The van der Waals surface area contributed by atoms with Gasteiger partial charge in [0.2, 0.25) is 10.0 Å². The zero-order valence-corrected chi connectivity index (χ0v) is 13.1. The number of anilines is 1. The SMILES string of the molecule is Cn1cc(N)c(C(=O)N2CCCC(CNS(C)(=O)=O)C2)n1. The standard InChI is InChI=1S/C12H21N5O3S/c1-16-8-10(13)11(15-16)12(18)17-5-3-4-9(7-17)6-14-21(2,19)20/h8-9,14H,3-7,13H2,1-2H3. The molecule has 3 N–H and O–H groups in total. The first kappa shape index (κ1) is 15.8. The topological polar surface area (TPSA) is 110 Å². The maximum atomic E-state index is 12.4. The Bertz CT molecular complexity index is 625. The predicted molar refractivity (Wildman–Crippen MR) is 79.1 cm³/mol. The quantitative estimate of drug-likeness (QED) is 0.771. The zero-order chi connectivity index (χ0) is 15.6. The van der Waals surface area contributed by atoms with Gasteiger partial charge in [-0.25, -0.2) is 13.1 Å². The Hall–Kier alpha value is -1.61. The molecular weight excluding hydrogens is 294 g/mol. The summed E-state index contributed by atoms with van der Waals surface area (Å²) in [5.41, 5.74) is 6.40. The average molecular weight is 315 g/mol. The highest BCUT2D eigenvalue weighted by Crippen LogP contribution is 2.19. The number of carbonyl (C=O) groups is 1. The number of nitrogen functional groups attached to an aromatic ring is 1. The third-order valence-corrected chi connectivity index (χ3v) is 4.19. The van der Waals surface area contributed by atoms with Gasteiger partial charge in [-0.05, 0) is 18.8 Å². The first-order chi connectivity index (χ1) is 9.76. The first-order valence-corrected chi connectivity index (χ1v) is 8.68. The molecule has 0 saturated carbocycles. The third-order valence-electron chi connectivity index (χ3n) is 3.50. The Kier molecular flexibility index (Phi) is 4.52. The van der Waals surface area contributed by atoms with Crippen molar-refractivity contribution in [1.82, 2.24) is 19.4 Å². The minimum Gasteiger partial charge on any atom is -0.396 e. The molecule has 21 heavy (non-hydrogen) atoms. The molecule has 1 aromatic heterocycles. The number of hydrogen-bond donors (Lipinski definition) is 2. The second-order valence-corrected chi connectivity index (χ2v) is 7.32. The molecule has 9 heteroatoms. The Morgan fingerprint density at radius 2 is 2.29 bits per heavy atom. The minimum absolute atomic E-state index is 0.113. The van der Waals surface area contributed by atoms with Gasteiger partial charge in [-0.1, -0.05) is 0 Å². The Morgan fingerprint density at radius 1 is 1.57 bits per heavy atom. The van der Waals surface area contributed by atoms with Crippen LogP contribution < -0.4 is 10.5 Å². The first-order valence-electron chi connectivity index (χ1n) is 6.79. The van der Waals surface area contributed by atoms with Gasteiger partial charge in [0.25, 0.3) is 5.91 Å². The van der Waals surface area contributed by atoms with Gasteiger partial charge in [-0.2, -0.15) is 5.10 Å². The monoisotopic (exact) mass is 315 g/mol. The lowest BCUT2D eigenvalue weighted by Crippen LogP contribution is -2.43. The molecule has 1 fully saturated rings. The van der Waals surface area contributed by atoms with Crippen molar-refractivity contribution in [3.05, 3.63) is 11.9 Å². The van der Waals surface area contributed by atoms with Crippen LogP contribution in [0.25, 0.3) is 0 Å². The lowest BCUT2D eigenvalue weighted by molar-refractivity contribution is 0.0670. The van der Waals surface area contributed by atoms with Gasteiger partial charge in [-0.3, -0.25) is 9.48 Å². The Morgan fingerprint density at radius 3 is 2.86 bits per heavy atom. The van der Waals surface area contributed by atoms with Crippen molar-refractivity contribution in [2.75, 3.05) is 31.6 Å². The summed E-state index contributed by atoms with van der Waals surface area (Å²) in [4.78, 5) is 14.1. The van der Waals surface area contributed by atoms with Gasteiger partial charge in [0.15, 0.2) is 5.69 Å². The minimum atomic E-state index is -3.21. The summed E-state index contributed by atoms with van der Waals surface area (Å²) >= 11 is 0.